The van der Waals surface area contributed by atoms with Gasteiger partial charge in [-0.25, -0.2) is 0 Å². The Kier molecular flexibility index (Phi) is 3.97. The van der Waals surface area contributed by atoms with Crippen molar-refractivity contribution in [1.29, 1.82) is 0 Å². The second-order valence-electron chi connectivity index (χ2n) is 4.68. The van der Waals surface area contributed by atoms with Crippen LogP contribution in [0.1, 0.15) is 31.5 Å². The summed E-state index contributed by atoms with van der Waals surface area (Å²) in [7, 11) is 2.12. The summed E-state index contributed by atoms with van der Waals surface area (Å²) in [6.07, 6.45) is 4.09. The van der Waals surface area contributed by atoms with Gasteiger partial charge in [-0.2, -0.15) is 0 Å². The maximum absolute atomic E-state index is 5.79. The average Bonchev–Trinajstić information content (AvgIpc) is 2.39. The Hall–Kier alpha value is -1.13. The second-order valence-corrected chi connectivity index (χ2v) is 4.68. The van der Waals surface area contributed by atoms with Crippen molar-refractivity contribution in [3.8, 4) is 0 Å². The molecule has 1 aliphatic rings. The van der Waals surface area contributed by atoms with E-state index in [1.165, 1.54) is 0 Å². The van der Waals surface area contributed by atoms with Crippen molar-refractivity contribution in [3.63, 3.8) is 0 Å². The van der Waals surface area contributed by atoms with Crippen molar-refractivity contribution in [3.05, 3.63) is 24.0 Å². The Balaban J connectivity index is 2.05. The van der Waals surface area contributed by atoms with Gasteiger partial charge in [0.2, 0.25) is 0 Å². The van der Waals surface area contributed by atoms with Crippen LogP contribution < -0.4 is 10.6 Å². The maximum Gasteiger partial charge on any atom is 0.0569 e. The molecule has 1 fully saturated rings. The highest BCUT2D eigenvalue weighted by Crippen LogP contribution is 2.21. The molecule has 0 aliphatic carbocycles. The molecule has 2 N–H and O–H groups in total. The molecule has 1 aromatic rings. The zero-order valence-corrected chi connectivity index (χ0v) is 10.6. The first-order valence-corrected chi connectivity index (χ1v) is 6.20. The van der Waals surface area contributed by atoms with Gasteiger partial charge in [-0.1, -0.05) is 0 Å². The molecular weight excluding hydrogens is 214 g/mol. The summed E-state index contributed by atoms with van der Waals surface area (Å²) in [6, 6.07) is 4.67. The van der Waals surface area contributed by atoms with E-state index in [9.17, 15) is 0 Å². The third-order valence-electron chi connectivity index (χ3n) is 3.38. The van der Waals surface area contributed by atoms with E-state index in [-0.39, 0.29) is 6.04 Å². The quantitative estimate of drug-likeness (QED) is 0.866. The predicted octanol–water partition coefficient (Wildman–Crippen LogP) is 1.72. The molecule has 4 nitrogen and oxygen atoms in total. The van der Waals surface area contributed by atoms with Crippen LogP contribution in [0.15, 0.2) is 18.3 Å². The number of hydrogen-bond donors (Lipinski definition) is 1. The van der Waals surface area contributed by atoms with Crippen LogP contribution in [-0.4, -0.2) is 31.3 Å². The highest BCUT2D eigenvalue weighted by Gasteiger charge is 2.18. The monoisotopic (exact) mass is 235 g/mol. The molecule has 1 aromatic heterocycles. The fraction of sp³-hybridized carbons (Fsp3) is 0.615. The van der Waals surface area contributed by atoms with E-state index >= 15 is 0 Å². The highest BCUT2D eigenvalue weighted by atomic mass is 16.5. The Morgan fingerprint density at radius 1 is 1.41 bits per heavy atom. The van der Waals surface area contributed by atoms with E-state index in [0.29, 0.717) is 6.04 Å². The summed E-state index contributed by atoms with van der Waals surface area (Å²) < 4.78 is 5.38. The normalized spacial score (nSPS) is 19.0. The van der Waals surface area contributed by atoms with Crippen molar-refractivity contribution in [2.45, 2.75) is 31.8 Å². The third kappa shape index (κ3) is 2.96. The fourth-order valence-electron chi connectivity index (χ4n) is 2.16. The van der Waals surface area contributed by atoms with E-state index in [0.717, 1.165) is 37.4 Å². The summed E-state index contributed by atoms with van der Waals surface area (Å²) in [6.45, 7) is 3.67. The predicted molar refractivity (Wildman–Crippen MR) is 69.1 cm³/mol. The number of rotatable bonds is 3. The summed E-state index contributed by atoms with van der Waals surface area (Å²) in [5, 5.41) is 0. The van der Waals surface area contributed by atoms with Crippen molar-refractivity contribution in [2.24, 2.45) is 5.73 Å². The standard InChI is InChI=1S/C13H21N3O/c1-10(14)13-4-3-12(9-15-13)16(2)11-5-7-17-8-6-11/h3-4,9-11H,5-8,14H2,1-2H3/t10-/m0/s1. The summed E-state index contributed by atoms with van der Waals surface area (Å²) in [4.78, 5) is 6.69. The molecule has 1 saturated heterocycles. The molecule has 0 bridgehead atoms. The number of pyridine rings is 1. The first kappa shape index (κ1) is 12.3. The van der Waals surface area contributed by atoms with Gasteiger partial charge in [0.1, 0.15) is 0 Å². The topological polar surface area (TPSA) is 51.4 Å². The molecule has 1 aliphatic heterocycles. The lowest BCUT2D eigenvalue weighted by Gasteiger charge is -2.32. The molecule has 4 heteroatoms. The minimum atomic E-state index is -0.00237. The van der Waals surface area contributed by atoms with E-state index in [2.05, 4.69) is 23.0 Å². The summed E-state index contributed by atoms with van der Waals surface area (Å²) in [5.74, 6) is 0. The van der Waals surface area contributed by atoms with Crippen LogP contribution >= 0.6 is 0 Å². The molecule has 0 radical (unpaired) electrons. The van der Waals surface area contributed by atoms with E-state index in [1.54, 1.807) is 0 Å². The Morgan fingerprint density at radius 3 is 2.65 bits per heavy atom. The van der Waals surface area contributed by atoms with E-state index < -0.39 is 0 Å². The van der Waals surface area contributed by atoms with Gasteiger partial charge in [-0.05, 0) is 31.9 Å². The lowest BCUT2D eigenvalue weighted by atomic mass is 10.1. The first-order chi connectivity index (χ1) is 8.18. The SMILES string of the molecule is C[C@H](N)c1ccc(N(C)C2CCOCC2)cn1. The molecule has 0 unspecified atom stereocenters. The van der Waals surface area contributed by atoms with Gasteiger partial charge in [-0.3, -0.25) is 4.98 Å². The van der Waals surface area contributed by atoms with Crippen LogP contribution in [0, 0.1) is 0 Å². The molecule has 0 spiro atoms. The maximum atomic E-state index is 5.79. The van der Waals surface area contributed by atoms with Crippen molar-refractivity contribution >= 4 is 5.69 Å². The Labute approximate surface area is 103 Å². The number of ether oxygens (including phenoxy) is 1. The molecule has 2 rings (SSSR count). The minimum absolute atomic E-state index is 0.00237. The minimum Gasteiger partial charge on any atom is -0.381 e. The second kappa shape index (κ2) is 5.47. The molecule has 0 saturated carbocycles. The number of anilines is 1. The van der Waals surface area contributed by atoms with Crippen molar-refractivity contribution in [2.75, 3.05) is 25.2 Å². The lowest BCUT2D eigenvalue weighted by molar-refractivity contribution is 0.0855. The van der Waals surface area contributed by atoms with Crippen LogP contribution in [-0.2, 0) is 4.74 Å². The molecule has 94 valence electrons. The molecule has 17 heavy (non-hydrogen) atoms. The summed E-state index contributed by atoms with van der Waals surface area (Å²) in [5.41, 5.74) is 7.88. The fourth-order valence-corrected chi connectivity index (χ4v) is 2.16. The van der Waals surface area contributed by atoms with E-state index in [1.807, 2.05) is 19.2 Å². The molecule has 1 atom stereocenters. The van der Waals surface area contributed by atoms with Crippen LogP contribution in [0.5, 0.6) is 0 Å². The van der Waals surface area contributed by atoms with Crippen LogP contribution in [0.2, 0.25) is 0 Å². The molecular formula is C13H21N3O. The van der Waals surface area contributed by atoms with Crippen LogP contribution in [0.4, 0.5) is 5.69 Å². The molecule has 2 heterocycles. The lowest BCUT2D eigenvalue weighted by Crippen LogP contribution is -2.36. The number of nitrogens with zero attached hydrogens (tertiary/aromatic N) is 2. The van der Waals surface area contributed by atoms with Crippen molar-refractivity contribution in [1.82, 2.24) is 4.98 Å². The molecule has 0 aromatic carbocycles. The van der Waals surface area contributed by atoms with E-state index in [4.69, 9.17) is 10.5 Å². The largest absolute Gasteiger partial charge is 0.381 e. The third-order valence-corrected chi connectivity index (χ3v) is 3.38. The summed E-state index contributed by atoms with van der Waals surface area (Å²) >= 11 is 0. The highest BCUT2D eigenvalue weighted by molar-refractivity contribution is 5.45. The van der Waals surface area contributed by atoms with Gasteiger partial charge in [-0.15, -0.1) is 0 Å². The van der Waals surface area contributed by atoms with Gasteiger partial charge >= 0.3 is 0 Å². The Bertz CT molecular complexity index is 344. The Morgan fingerprint density at radius 2 is 2.12 bits per heavy atom. The van der Waals surface area contributed by atoms with Gasteiger partial charge in [0.05, 0.1) is 17.6 Å². The van der Waals surface area contributed by atoms with Gasteiger partial charge in [0.15, 0.2) is 0 Å². The number of hydrogen-bond acceptors (Lipinski definition) is 4. The van der Waals surface area contributed by atoms with Gasteiger partial charge < -0.3 is 15.4 Å². The smallest absolute Gasteiger partial charge is 0.0569 e. The number of nitrogens with two attached hydrogens (primary N) is 1. The average molecular weight is 235 g/mol. The van der Waals surface area contributed by atoms with Gasteiger partial charge in [0, 0.05) is 32.3 Å². The van der Waals surface area contributed by atoms with Crippen LogP contribution in [0.3, 0.4) is 0 Å². The van der Waals surface area contributed by atoms with Gasteiger partial charge in [0.25, 0.3) is 0 Å². The van der Waals surface area contributed by atoms with Crippen molar-refractivity contribution < 1.29 is 4.74 Å². The zero-order valence-electron chi connectivity index (χ0n) is 10.6. The molecule has 0 amide bonds. The zero-order chi connectivity index (χ0) is 12.3. The first-order valence-electron chi connectivity index (χ1n) is 6.20. The van der Waals surface area contributed by atoms with Crippen LogP contribution in [0.25, 0.3) is 0 Å². The number of aromatic nitrogens is 1.